The van der Waals surface area contributed by atoms with Crippen LogP contribution in [-0.2, 0) is 9.53 Å². The number of esters is 1. The number of hydrogen-bond donors (Lipinski definition) is 0. The molecule has 1 atom stereocenters. The summed E-state index contributed by atoms with van der Waals surface area (Å²) in [6.45, 7) is 3.37. The average molecular weight is 273 g/mol. The van der Waals surface area contributed by atoms with Crippen LogP contribution < -0.4 is 0 Å². The van der Waals surface area contributed by atoms with E-state index in [9.17, 15) is 9.18 Å². The minimum Gasteiger partial charge on any atom is -0.466 e. The number of alkyl halides is 1. The minimum absolute atomic E-state index is 0.199. The van der Waals surface area contributed by atoms with Gasteiger partial charge in [-0.15, -0.1) is 0 Å². The molecular formula is C11H10BrFO2. The molecule has 0 saturated carbocycles. The molecule has 1 unspecified atom stereocenters. The van der Waals surface area contributed by atoms with Gasteiger partial charge in [0.05, 0.1) is 12.7 Å². The molecule has 0 aliphatic carbocycles. The Labute approximate surface area is 95.9 Å². The third-order valence-electron chi connectivity index (χ3n) is 1.89. The second-order valence-electron chi connectivity index (χ2n) is 2.93. The summed E-state index contributed by atoms with van der Waals surface area (Å²) >= 11 is 3.22. The molecule has 1 aromatic rings. The summed E-state index contributed by atoms with van der Waals surface area (Å²) in [7, 11) is 1.20. The molecule has 0 amide bonds. The molecule has 0 radical (unpaired) electrons. The molecule has 0 fully saturated rings. The smallest absolute Gasteiger partial charge is 0.336 e. The zero-order chi connectivity index (χ0) is 11.4. The van der Waals surface area contributed by atoms with Gasteiger partial charge in [0.1, 0.15) is 0 Å². The van der Waals surface area contributed by atoms with Crippen LogP contribution in [0.3, 0.4) is 0 Å². The molecule has 0 bridgehead atoms. The first-order valence-corrected chi connectivity index (χ1v) is 5.02. The van der Waals surface area contributed by atoms with Gasteiger partial charge >= 0.3 is 5.97 Å². The predicted octanol–water partition coefficient (Wildman–Crippen LogP) is 3.19. The monoisotopic (exact) mass is 272 g/mol. The van der Waals surface area contributed by atoms with Crippen molar-refractivity contribution in [2.45, 2.75) is 6.17 Å². The summed E-state index contributed by atoms with van der Waals surface area (Å²) < 4.78 is 18.9. The van der Waals surface area contributed by atoms with E-state index in [0.29, 0.717) is 5.56 Å². The van der Waals surface area contributed by atoms with E-state index in [1.807, 2.05) is 0 Å². The van der Waals surface area contributed by atoms with E-state index in [0.717, 1.165) is 4.47 Å². The van der Waals surface area contributed by atoms with E-state index in [1.165, 1.54) is 7.11 Å². The molecule has 4 heteroatoms. The lowest BCUT2D eigenvalue weighted by atomic mass is 10.0. The van der Waals surface area contributed by atoms with Crippen LogP contribution in [0.4, 0.5) is 4.39 Å². The fourth-order valence-corrected chi connectivity index (χ4v) is 1.52. The van der Waals surface area contributed by atoms with E-state index >= 15 is 0 Å². The van der Waals surface area contributed by atoms with Gasteiger partial charge in [0, 0.05) is 4.47 Å². The molecule has 0 aliphatic rings. The van der Waals surface area contributed by atoms with Gasteiger partial charge in [-0.25, -0.2) is 9.18 Å². The lowest BCUT2D eigenvalue weighted by Gasteiger charge is -2.10. The van der Waals surface area contributed by atoms with E-state index in [-0.39, 0.29) is 5.57 Å². The number of carbonyl (C=O) groups is 1. The Morgan fingerprint density at radius 3 is 2.80 bits per heavy atom. The Kier molecular flexibility index (Phi) is 4.03. The number of halogens is 2. The Morgan fingerprint density at radius 2 is 2.27 bits per heavy atom. The maximum atomic E-state index is 13.7. The lowest BCUT2D eigenvalue weighted by molar-refractivity contribution is -0.136. The molecule has 2 nitrogen and oxygen atoms in total. The van der Waals surface area contributed by atoms with E-state index < -0.39 is 12.1 Å². The van der Waals surface area contributed by atoms with Gasteiger partial charge in [0.2, 0.25) is 0 Å². The second kappa shape index (κ2) is 5.07. The molecule has 1 aromatic carbocycles. The first kappa shape index (κ1) is 11.9. The third-order valence-corrected chi connectivity index (χ3v) is 2.39. The summed E-state index contributed by atoms with van der Waals surface area (Å²) in [6.07, 6.45) is -1.53. The van der Waals surface area contributed by atoms with Crippen molar-refractivity contribution in [2.75, 3.05) is 7.11 Å². The Balaban J connectivity index is 2.89. The standard InChI is InChI=1S/C11H10BrFO2/c1-7(11(14)15-2)10(13)8-4-3-5-9(12)6-8/h3-6,10H,1H2,2H3. The van der Waals surface area contributed by atoms with Crippen LogP contribution in [0.2, 0.25) is 0 Å². The molecule has 1 rings (SSSR count). The van der Waals surface area contributed by atoms with Crippen LogP contribution in [0.5, 0.6) is 0 Å². The summed E-state index contributed by atoms with van der Waals surface area (Å²) in [4.78, 5) is 11.0. The van der Waals surface area contributed by atoms with Crippen LogP contribution in [0, 0.1) is 0 Å². The van der Waals surface area contributed by atoms with Gasteiger partial charge in [-0.1, -0.05) is 34.6 Å². The number of hydrogen-bond acceptors (Lipinski definition) is 2. The molecule has 0 heterocycles. The highest BCUT2D eigenvalue weighted by Gasteiger charge is 2.20. The topological polar surface area (TPSA) is 26.3 Å². The molecule has 15 heavy (non-hydrogen) atoms. The molecule has 0 N–H and O–H groups in total. The van der Waals surface area contributed by atoms with Gasteiger partial charge in [-0.2, -0.15) is 0 Å². The summed E-state index contributed by atoms with van der Waals surface area (Å²) in [5.74, 6) is -0.734. The number of methoxy groups -OCH3 is 1. The minimum atomic E-state index is -1.53. The van der Waals surface area contributed by atoms with Gasteiger partial charge in [0.25, 0.3) is 0 Å². The van der Waals surface area contributed by atoms with Crippen molar-refractivity contribution >= 4 is 21.9 Å². The SMILES string of the molecule is C=C(C(=O)OC)C(F)c1cccc(Br)c1. The lowest BCUT2D eigenvalue weighted by Crippen LogP contribution is -2.09. The first-order valence-electron chi connectivity index (χ1n) is 4.23. The maximum absolute atomic E-state index is 13.7. The van der Waals surface area contributed by atoms with Crippen LogP contribution in [0.1, 0.15) is 11.7 Å². The number of carbonyl (C=O) groups excluding carboxylic acids is 1. The number of benzene rings is 1. The van der Waals surface area contributed by atoms with Gasteiger partial charge in [-0.05, 0) is 17.7 Å². The molecular weight excluding hydrogens is 263 g/mol. The van der Waals surface area contributed by atoms with Gasteiger partial charge in [-0.3, -0.25) is 0 Å². The van der Waals surface area contributed by atoms with Crippen LogP contribution >= 0.6 is 15.9 Å². The van der Waals surface area contributed by atoms with Crippen molar-refractivity contribution < 1.29 is 13.9 Å². The first-order chi connectivity index (χ1) is 7.06. The second-order valence-corrected chi connectivity index (χ2v) is 3.85. The van der Waals surface area contributed by atoms with E-state index in [1.54, 1.807) is 24.3 Å². The highest BCUT2D eigenvalue weighted by atomic mass is 79.9. The Bertz CT molecular complexity index is 390. The quantitative estimate of drug-likeness (QED) is 0.624. The van der Waals surface area contributed by atoms with Crippen molar-refractivity contribution in [3.05, 3.63) is 46.5 Å². The number of ether oxygens (including phenoxy) is 1. The predicted molar refractivity (Wildman–Crippen MR) is 59.1 cm³/mol. The third kappa shape index (κ3) is 2.89. The zero-order valence-electron chi connectivity index (χ0n) is 8.17. The maximum Gasteiger partial charge on any atom is 0.336 e. The van der Waals surface area contributed by atoms with Gasteiger partial charge in [0.15, 0.2) is 6.17 Å². The fourth-order valence-electron chi connectivity index (χ4n) is 1.10. The fraction of sp³-hybridized carbons (Fsp3) is 0.182. The number of rotatable bonds is 3. The summed E-state index contributed by atoms with van der Waals surface area (Å²) in [6, 6.07) is 6.65. The van der Waals surface area contributed by atoms with Crippen LogP contribution in [0.25, 0.3) is 0 Å². The average Bonchev–Trinajstić information content (AvgIpc) is 2.26. The Morgan fingerprint density at radius 1 is 1.60 bits per heavy atom. The van der Waals surface area contributed by atoms with Crippen molar-refractivity contribution in [1.29, 1.82) is 0 Å². The molecule has 0 aliphatic heterocycles. The van der Waals surface area contributed by atoms with Crippen molar-refractivity contribution in [3.8, 4) is 0 Å². The summed E-state index contributed by atoms with van der Waals surface area (Å²) in [5.41, 5.74) is 0.176. The van der Waals surface area contributed by atoms with Gasteiger partial charge < -0.3 is 4.74 Å². The van der Waals surface area contributed by atoms with Crippen molar-refractivity contribution in [2.24, 2.45) is 0 Å². The zero-order valence-corrected chi connectivity index (χ0v) is 9.75. The Hall–Kier alpha value is -1.16. The highest BCUT2D eigenvalue weighted by Crippen LogP contribution is 2.27. The van der Waals surface area contributed by atoms with E-state index in [2.05, 4.69) is 27.2 Å². The molecule has 0 aromatic heterocycles. The molecule has 80 valence electrons. The normalized spacial score (nSPS) is 11.9. The van der Waals surface area contributed by atoms with Crippen LogP contribution in [-0.4, -0.2) is 13.1 Å². The summed E-state index contributed by atoms with van der Waals surface area (Å²) in [5, 5.41) is 0. The van der Waals surface area contributed by atoms with E-state index in [4.69, 9.17) is 0 Å². The molecule has 0 saturated heterocycles. The van der Waals surface area contributed by atoms with Crippen molar-refractivity contribution in [3.63, 3.8) is 0 Å². The van der Waals surface area contributed by atoms with Crippen molar-refractivity contribution in [1.82, 2.24) is 0 Å². The highest BCUT2D eigenvalue weighted by molar-refractivity contribution is 9.10. The molecule has 0 spiro atoms. The largest absolute Gasteiger partial charge is 0.466 e. The van der Waals surface area contributed by atoms with Crippen LogP contribution in [0.15, 0.2) is 40.9 Å².